The van der Waals surface area contributed by atoms with E-state index in [-0.39, 0.29) is 6.10 Å². The van der Waals surface area contributed by atoms with E-state index in [0.29, 0.717) is 30.8 Å². The second-order valence-corrected chi connectivity index (χ2v) is 6.51. The predicted molar refractivity (Wildman–Crippen MR) is 93.6 cm³/mol. The highest BCUT2D eigenvalue weighted by Gasteiger charge is 2.20. The number of fused-ring (bicyclic) bond motifs is 1. The molecule has 0 radical (unpaired) electrons. The van der Waals surface area contributed by atoms with Crippen molar-refractivity contribution in [3.05, 3.63) is 24.0 Å². The number of hydrogen-bond donors (Lipinski definition) is 2. The van der Waals surface area contributed by atoms with Gasteiger partial charge in [-0.25, -0.2) is 9.97 Å². The van der Waals surface area contributed by atoms with Crippen LogP contribution in [0.1, 0.15) is 25.0 Å². The molecule has 2 aromatic rings. The van der Waals surface area contributed by atoms with Crippen molar-refractivity contribution in [3.63, 3.8) is 0 Å². The van der Waals surface area contributed by atoms with Gasteiger partial charge >= 0.3 is 0 Å². The lowest BCUT2D eigenvalue weighted by molar-refractivity contribution is 0.139. The van der Waals surface area contributed by atoms with Crippen LogP contribution >= 0.6 is 0 Å². The zero-order valence-electron chi connectivity index (χ0n) is 14.0. The van der Waals surface area contributed by atoms with Crippen molar-refractivity contribution in [1.82, 2.24) is 15.3 Å². The van der Waals surface area contributed by atoms with Crippen LogP contribution in [0.4, 0.5) is 5.82 Å². The highest BCUT2D eigenvalue weighted by Crippen LogP contribution is 2.28. The quantitative estimate of drug-likeness (QED) is 0.878. The molecule has 2 N–H and O–H groups in total. The number of pyridine rings is 2. The summed E-state index contributed by atoms with van der Waals surface area (Å²) in [6.07, 6.45) is 4.88. The molecule has 7 heteroatoms. The molecule has 0 saturated carbocycles. The molecule has 4 heterocycles. The van der Waals surface area contributed by atoms with Crippen LogP contribution in [0.2, 0.25) is 0 Å². The Hall–Kier alpha value is -2.43. The van der Waals surface area contributed by atoms with Crippen molar-refractivity contribution in [1.29, 1.82) is 5.26 Å². The molecule has 0 aliphatic carbocycles. The second kappa shape index (κ2) is 7.21. The Morgan fingerprint density at radius 1 is 1.36 bits per heavy atom. The minimum atomic E-state index is -0.0169. The van der Waals surface area contributed by atoms with Gasteiger partial charge in [0.25, 0.3) is 0 Å². The maximum atomic E-state index is 9.22. The molecule has 0 amide bonds. The molecule has 2 fully saturated rings. The Kier molecular flexibility index (Phi) is 4.63. The number of nitriles is 1. The van der Waals surface area contributed by atoms with Crippen molar-refractivity contribution in [2.24, 2.45) is 0 Å². The standard InChI is InChI=1S/C18H21N5O2/c19-8-14-6-12-9-21-17(22-13-2-1-4-20-10-13)7-16(12)18(23-14)25-15-3-5-24-11-15/h6-7,9,13,15,20H,1-5,10-11H2,(H,21,22)/t13-,15+/m0/s1. The highest BCUT2D eigenvalue weighted by molar-refractivity contribution is 5.89. The molecule has 0 bridgehead atoms. The number of rotatable bonds is 4. The normalized spacial score (nSPS) is 23.3. The lowest BCUT2D eigenvalue weighted by Gasteiger charge is -2.24. The summed E-state index contributed by atoms with van der Waals surface area (Å²) in [6, 6.07) is 6.17. The van der Waals surface area contributed by atoms with Gasteiger partial charge in [-0.1, -0.05) is 0 Å². The monoisotopic (exact) mass is 339 g/mol. The molecular weight excluding hydrogens is 318 g/mol. The van der Waals surface area contributed by atoms with Gasteiger partial charge in [-0.2, -0.15) is 5.26 Å². The van der Waals surface area contributed by atoms with Crippen molar-refractivity contribution in [2.75, 3.05) is 31.6 Å². The summed E-state index contributed by atoms with van der Waals surface area (Å²) in [5.41, 5.74) is 0.334. The summed E-state index contributed by atoms with van der Waals surface area (Å²) in [5, 5.41) is 17.8. The van der Waals surface area contributed by atoms with Crippen LogP contribution in [-0.2, 0) is 4.74 Å². The molecule has 0 aromatic carbocycles. The minimum Gasteiger partial charge on any atom is -0.471 e. The van der Waals surface area contributed by atoms with E-state index in [9.17, 15) is 5.26 Å². The first-order valence-electron chi connectivity index (χ1n) is 8.74. The zero-order chi connectivity index (χ0) is 17.1. The van der Waals surface area contributed by atoms with E-state index in [1.54, 1.807) is 12.3 Å². The second-order valence-electron chi connectivity index (χ2n) is 6.51. The van der Waals surface area contributed by atoms with Gasteiger partial charge in [-0.3, -0.25) is 0 Å². The molecular formula is C18H21N5O2. The average Bonchev–Trinajstić information content (AvgIpc) is 3.16. The molecule has 2 saturated heterocycles. The smallest absolute Gasteiger partial charge is 0.223 e. The molecule has 0 spiro atoms. The maximum absolute atomic E-state index is 9.22. The molecule has 25 heavy (non-hydrogen) atoms. The fourth-order valence-electron chi connectivity index (χ4n) is 3.29. The summed E-state index contributed by atoms with van der Waals surface area (Å²) in [5.74, 6) is 1.29. The van der Waals surface area contributed by atoms with Gasteiger partial charge in [0.05, 0.1) is 13.2 Å². The number of ether oxygens (including phenoxy) is 2. The van der Waals surface area contributed by atoms with Crippen molar-refractivity contribution < 1.29 is 9.47 Å². The number of nitrogens with zero attached hydrogens (tertiary/aromatic N) is 3. The third-order valence-corrected chi connectivity index (χ3v) is 4.61. The molecule has 130 valence electrons. The van der Waals surface area contributed by atoms with E-state index in [2.05, 4.69) is 26.7 Å². The van der Waals surface area contributed by atoms with Crippen molar-refractivity contribution >= 4 is 16.6 Å². The van der Waals surface area contributed by atoms with E-state index in [1.807, 2.05) is 6.07 Å². The summed E-state index contributed by atoms with van der Waals surface area (Å²) in [7, 11) is 0. The Morgan fingerprint density at radius 3 is 3.08 bits per heavy atom. The van der Waals surface area contributed by atoms with Gasteiger partial charge in [0, 0.05) is 36.0 Å². The largest absolute Gasteiger partial charge is 0.471 e. The Morgan fingerprint density at radius 2 is 2.32 bits per heavy atom. The average molecular weight is 339 g/mol. The first-order chi connectivity index (χ1) is 12.3. The van der Waals surface area contributed by atoms with Crippen LogP contribution in [0.25, 0.3) is 10.8 Å². The molecule has 2 aromatic heterocycles. The summed E-state index contributed by atoms with van der Waals surface area (Å²) < 4.78 is 11.4. The van der Waals surface area contributed by atoms with Crippen molar-refractivity contribution in [2.45, 2.75) is 31.4 Å². The Balaban J connectivity index is 1.65. The third-order valence-electron chi connectivity index (χ3n) is 4.61. The predicted octanol–water partition coefficient (Wildman–Crippen LogP) is 1.83. The van der Waals surface area contributed by atoms with Crippen LogP contribution in [0.3, 0.4) is 0 Å². The van der Waals surface area contributed by atoms with Crippen molar-refractivity contribution in [3.8, 4) is 11.9 Å². The number of anilines is 1. The fourth-order valence-corrected chi connectivity index (χ4v) is 3.29. The summed E-state index contributed by atoms with van der Waals surface area (Å²) in [6.45, 7) is 3.27. The van der Waals surface area contributed by atoms with Crippen LogP contribution in [0.5, 0.6) is 5.88 Å². The van der Waals surface area contributed by atoms with E-state index in [0.717, 1.165) is 48.9 Å². The molecule has 4 rings (SSSR count). The van der Waals surface area contributed by atoms with Crippen LogP contribution in [0, 0.1) is 11.3 Å². The Bertz CT molecular complexity index is 792. The maximum Gasteiger partial charge on any atom is 0.223 e. The summed E-state index contributed by atoms with van der Waals surface area (Å²) >= 11 is 0. The minimum absolute atomic E-state index is 0.0169. The molecule has 2 atom stereocenters. The third kappa shape index (κ3) is 3.65. The van der Waals surface area contributed by atoms with E-state index in [4.69, 9.17) is 9.47 Å². The zero-order valence-corrected chi connectivity index (χ0v) is 14.0. The highest BCUT2D eigenvalue weighted by atomic mass is 16.5. The topological polar surface area (TPSA) is 92.1 Å². The fraction of sp³-hybridized carbons (Fsp3) is 0.500. The van der Waals surface area contributed by atoms with Gasteiger partial charge < -0.3 is 20.1 Å². The number of piperidine rings is 1. The first-order valence-corrected chi connectivity index (χ1v) is 8.74. The Labute approximate surface area is 146 Å². The number of hydrogen-bond acceptors (Lipinski definition) is 7. The van der Waals surface area contributed by atoms with E-state index >= 15 is 0 Å². The lowest BCUT2D eigenvalue weighted by Crippen LogP contribution is -2.38. The number of nitrogens with one attached hydrogen (secondary N) is 2. The molecule has 2 aliphatic heterocycles. The number of aromatic nitrogens is 2. The first kappa shape index (κ1) is 16.1. The SMILES string of the molecule is N#Cc1cc2cnc(N[C@H]3CCCNC3)cc2c(O[C@@H]2CCOC2)n1. The van der Waals surface area contributed by atoms with Gasteiger partial charge in [0.15, 0.2) is 0 Å². The molecule has 7 nitrogen and oxygen atoms in total. The van der Waals surface area contributed by atoms with Gasteiger partial charge in [-0.05, 0) is 31.5 Å². The van der Waals surface area contributed by atoms with Gasteiger partial charge in [-0.15, -0.1) is 0 Å². The van der Waals surface area contributed by atoms with E-state index in [1.165, 1.54) is 0 Å². The van der Waals surface area contributed by atoms with Crippen LogP contribution < -0.4 is 15.4 Å². The van der Waals surface area contributed by atoms with Crippen LogP contribution in [-0.4, -0.2) is 48.4 Å². The molecule has 2 aliphatic rings. The van der Waals surface area contributed by atoms with Gasteiger partial charge in [0.2, 0.25) is 5.88 Å². The summed E-state index contributed by atoms with van der Waals surface area (Å²) in [4.78, 5) is 8.86. The van der Waals surface area contributed by atoms with E-state index < -0.39 is 0 Å². The van der Waals surface area contributed by atoms with Gasteiger partial charge in [0.1, 0.15) is 23.7 Å². The lowest BCUT2D eigenvalue weighted by atomic mass is 10.1. The van der Waals surface area contributed by atoms with Crippen LogP contribution in [0.15, 0.2) is 18.3 Å². The molecule has 0 unspecified atom stereocenters.